The summed E-state index contributed by atoms with van der Waals surface area (Å²) in [6, 6.07) is 3.64. The van der Waals surface area contributed by atoms with Crippen molar-refractivity contribution < 1.29 is 8.42 Å². The molecule has 0 atom stereocenters. The van der Waals surface area contributed by atoms with Crippen molar-refractivity contribution in [2.75, 3.05) is 10.8 Å². The van der Waals surface area contributed by atoms with Gasteiger partial charge in [-0.15, -0.1) is 0 Å². The highest BCUT2D eigenvalue weighted by molar-refractivity contribution is 7.90. The molecule has 70 valence electrons. The number of hydrogen-bond donors (Lipinski definition) is 1. The van der Waals surface area contributed by atoms with Gasteiger partial charge in [0.25, 0.3) is 10.2 Å². The van der Waals surface area contributed by atoms with Crippen LogP contribution in [0.2, 0.25) is 0 Å². The van der Waals surface area contributed by atoms with Crippen LogP contribution in [0.15, 0.2) is 18.3 Å². The minimum Gasteiger partial charge on any atom is -0.241 e. The molecule has 5 nitrogen and oxygen atoms in total. The van der Waals surface area contributed by atoms with Crippen molar-refractivity contribution in [2.24, 2.45) is 5.14 Å². The summed E-state index contributed by atoms with van der Waals surface area (Å²) in [7, 11) is -3.65. The first-order valence-electron chi connectivity index (χ1n) is 3.83. The molecule has 0 saturated carbocycles. The fourth-order valence-corrected chi connectivity index (χ4v) is 2.18. The molecule has 2 rings (SSSR count). The molecule has 1 aliphatic rings. The first-order valence-corrected chi connectivity index (χ1v) is 5.34. The third kappa shape index (κ3) is 1.38. The van der Waals surface area contributed by atoms with Gasteiger partial charge >= 0.3 is 0 Å². The van der Waals surface area contributed by atoms with E-state index in [2.05, 4.69) is 4.98 Å². The van der Waals surface area contributed by atoms with Crippen LogP contribution in [-0.4, -0.2) is 19.9 Å². The Hall–Kier alpha value is -1.14. The zero-order chi connectivity index (χ0) is 9.47. The Bertz CT molecular complexity index is 429. The van der Waals surface area contributed by atoms with Crippen LogP contribution in [-0.2, 0) is 16.6 Å². The quantitative estimate of drug-likeness (QED) is 0.671. The van der Waals surface area contributed by atoms with E-state index in [4.69, 9.17) is 5.14 Å². The molecule has 0 unspecified atom stereocenters. The van der Waals surface area contributed by atoms with Gasteiger partial charge in [-0.3, -0.25) is 0 Å². The highest BCUT2D eigenvalue weighted by Gasteiger charge is 2.27. The van der Waals surface area contributed by atoms with Gasteiger partial charge in [0.1, 0.15) is 5.82 Å². The first kappa shape index (κ1) is 8.46. The van der Waals surface area contributed by atoms with E-state index < -0.39 is 10.2 Å². The number of anilines is 1. The molecule has 0 aromatic carbocycles. The molecule has 1 aliphatic heterocycles. The Morgan fingerprint density at radius 1 is 1.54 bits per heavy atom. The van der Waals surface area contributed by atoms with Crippen LogP contribution in [0.4, 0.5) is 5.82 Å². The van der Waals surface area contributed by atoms with Gasteiger partial charge in [-0.2, -0.15) is 8.42 Å². The molecule has 1 aromatic rings. The van der Waals surface area contributed by atoms with E-state index in [9.17, 15) is 8.42 Å². The molecule has 0 amide bonds. The van der Waals surface area contributed by atoms with E-state index in [1.165, 1.54) is 0 Å². The lowest BCUT2D eigenvalue weighted by Gasteiger charge is -2.13. The number of nitrogens with zero attached hydrogens (tertiary/aromatic N) is 2. The predicted molar refractivity (Wildman–Crippen MR) is 48.4 cm³/mol. The summed E-state index contributed by atoms with van der Waals surface area (Å²) in [5.41, 5.74) is 0.927. The Kier molecular flexibility index (Phi) is 1.74. The summed E-state index contributed by atoms with van der Waals surface area (Å²) in [5, 5.41) is 5.01. The van der Waals surface area contributed by atoms with E-state index in [-0.39, 0.29) is 0 Å². The van der Waals surface area contributed by atoms with Crippen molar-refractivity contribution in [3.05, 3.63) is 23.9 Å². The minimum atomic E-state index is -3.65. The van der Waals surface area contributed by atoms with Crippen molar-refractivity contribution in [1.82, 2.24) is 4.98 Å². The number of pyridine rings is 1. The molecule has 0 bridgehead atoms. The number of nitrogens with two attached hydrogens (primary N) is 1. The number of hydrogen-bond acceptors (Lipinski definition) is 3. The number of aromatic nitrogens is 1. The van der Waals surface area contributed by atoms with Gasteiger partial charge in [0.15, 0.2) is 0 Å². The van der Waals surface area contributed by atoms with Crippen LogP contribution in [0.1, 0.15) is 5.56 Å². The summed E-state index contributed by atoms with van der Waals surface area (Å²) in [6.07, 6.45) is 2.24. The molecule has 6 heteroatoms. The summed E-state index contributed by atoms with van der Waals surface area (Å²) < 4.78 is 23.2. The lowest BCUT2D eigenvalue weighted by atomic mass is 10.2. The van der Waals surface area contributed by atoms with E-state index in [0.717, 1.165) is 9.87 Å². The van der Waals surface area contributed by atoms with Gasteiger partial charge < -0.3 is 0 Å². The summed E-state index contributed by atoms with van der Waals surface area (Å²) in [4.78, 5) is 3.97. The fraction of sp³-hybridized carbons (Fsp3) is 0.286. The normalized spacial score (nSPS) is 15.9. The second-order valence-electron chi connectivity index (χ2n) is 2.85. The monoisotopic (exact) mass is 199 g/mol. The maximum absolute atomic E-state index is 11.1. The fourth-order valence-electron chi connectivity index (χ4n) is 1.43. The molecule has 0 saturated heterocycles. The van der Waals surface area contributed by atoms with Gasteiger partial charge in [-0.05, 0) is 18.1 Å². The van der Waals surface area contributed by atoms with E-state index in [0.29, 0.717) is 18.8 Å². The van der Waals surface area contributed by atoms with E-state index in [1.54, 1.807) is 12.3 Å². The molecular formula is C7H9N3O2S. The molecule has 0 radical (unpaired) electrons. The van der Waals surface area contributed by atoms with Gasteiger partial charge in [-0.25, -0.2) is 14.4 Å². The number of fused-ring (bicyclic) bond motifs is 1. The van der Waals surface area contributed by atoms with Gasteiger partial charge in [-0.1, -0.05) is 6.07 Å². The van der Waals surface area contributed by atoms with Crippen molar-refractivity contribution in [2.45, 2.75) is 6.42 Å². The van der Waals surface area contributed by atoms with Crippen LogP contribution in [0.25, 0.3) is 0 Å². The molecule has 2 N–H and O–H groups in total. The Balaban J connectivity index is 2.51. The average molecular weight is 199 g/mol. The Morgan fingerprint density at radius 3 is 3.00 bits per heavy atom. The van der Waals surface area contributed by atoms with Gasteiger partial charge in [0, 0.05) is 12.7 Å². The smallest absolute Gasteiger partial charge is 0.241 e. The van der Waals surface area contributed by atoms with Gasteiger partial charge in [0.05, 0.1) is 0 Å². The molecule has 0 aliphatic carbocycles. The highest BCUT2D eigenvalue weighted by Crippen LogP contribution is 2.25. The van der Waals surface area contributed by atoms with Crippen LogP contribution in [0.5, 0.6) is 0 Å². The molecule has 1 aromatic heterocycles. The zero-order valence-corrected chi connectivity index (χ0v) is 7.66. The summed E-state index contributed by atoms with van der Waals surface area (Å²) in [6.45, 7) is 0.394. The second kappa shape index (κ2) is 2.68. The maximum Gasteiger partial charge on any atom is 0.300 e. The van der Waals surface area contributed by atoms with Crippen molar-refractivity contribution >= 4 is 16.0 Å². The van der Waals surface area contributed by atoms with Crippen LogP contribution >= 0.6 is 0 Å². The van der Waals surface area contributed by atoms with Crippen LogP contribution in [0.3, 0.4) is 0 Å². The zero-order valence-electron chi connectivity index (χ0n) is 6.84. The number of rotatable bonds is 1. The van der Waals surface area contributed by atoms with Crippen molar-refractivity contribution in [1.29, 1.82) is 0 Å². The largest absolute Gasteiger partial charge is 0.300 e. The van der Waals surface area contributed by atoms with Crippen molar-refractivity contribution in [3.63, 3.8) is 0 Å². The lowest BCUT2D eigenvalue weighted by Crippen LogP contribution is -2.35. The van der Waals surface area contributed by atoms with Crippen LogP contribution < -0.4 is 9.44 Å². The van der Waals surface area contributed by atoms with Crippen LogP contribution in [0, 0.1) is 0 Å². The average Bonchev–Trinajstić information content (AvgIpc) is 2.45. The van der Waals surface area contributed by atoms with Gasteiger partial charge in [0.2, 0.25) is 0 Å². The minimum absolute atomic E-state index is 0.394. The summed E-state index contributed by atoms with van der Waals surface area (Å²) >= 11 is 0. The Morgan fingerprint density at radius 2 is 2.31 bits per heavy atom. The molecule has 13 heavy (non-hydrogen) atoms. The second-order valence-corrected chi connectivity index (χ2v) is 4.32. The standard InChI is InChI=1S/C7H9N3O2S/c8-13(11,12)10-5-3-6-2-1-4-9-7(6)10/h1-2,4H,3,5H2,(H2,8,11,12). The lowest BCUT2D eigenvalue weighted by molar-refractivity contribution is 0.593. The van der Waals surface area contributed by atoms with E-state index >= 15 is 0 Å². The predicted octanol–water partition coefficient (Wildman–Crippen LogP) is -0.352. The topological polar surface area (TPSA) is 76.3 Å². The molecular weight excluding hydrogens is 190 g/mol. The molecule has 0 spiro atoms. The summed E-state index contributed by atoms with van der Waals surface area (Å²) in [5.74, 6) is 0.463. The van der Waals surface area contributed by atoms with Crippen molar-refractivity contribution in [3.8, 4) is 0 Å². The van der Waals surface area contributed by atoms with E-state index in [1.807, 2.05) is 6.07 Å². The first-order chi connectivity index (χ1) is 6.09. The Labute approximate surface area is 76.4 Å². The maximum atomic E-state index is 11.1. The molecule has 2 heterocycles. The third-order valence-electron chi connectivity index (χ3n) is 2.00. The highest BCUT2D eigenvalue weighted by atomic mass is 32.2. The third-order valence-corrected chi connectivity index (χ3v) is 2.97. The SMILES string of the molecule is NS(=O)(=O)N1CCc2cccnc21. The molecule has 0 fully saturated rings.